The second kappa shape index (κ2) is 7.38. The molecule has 0 atom stereocenters. The predicted octanol–water partition coefficient (Wildman–Crippen LogP) is 2.53. The van der Waals surface area contributed by atoms with Gasteiger partial charge in [0.2, 0.25) is 11.5 Å². The lowest BCUT2D eigenvalue weighted by Gasteiger charge is -2.09. The summed E-state index contributed by atoms with van der Waals surface area (Å²) >= 11 is 0. The molecule has 0 aromatic heterocycles. The number of methoxy groups -OCH3 is 4. The average Bonchev–Trinajstić information content (AvgIpc) is 2.61. The Labute approximate surface area is 140 Å². The van der Waals surface area contributed by atoms with Crippen molar-refractivity contribution in [2.75, 3.05) is 28.4 Å². The lowest BCUT2D eigenvalue weighted by atomic mass is 10.1. The summed E-state index contributed by atoms with van der Waals surface area (Å²) in [6.45, 7) is 0. The topological polar surface area (TPSA) is 77.4 Å². The summed E-state index contributed by atoms with van der Waals surface area (Å²) in [6, 6.07) is 6.39. The van der Waals surface area contributed by atoms with E-state index < -0.39 is 0 Å². The molecule has 0 amide bonds. The Bertz CT molecular complexity index is 685. The first-order chi connectivity index (χ1) is 11.5. The van der Waals surface area contributed by atoms with Gasteiger partial charge in [0, 0.05) is 11.1 Å². The van der Waals surface area contributed by atoms with Crippen LogP contribution < -0.4 is 18.9 Å². The van der Waals surface area contributed by atoms with Crippen LogP contribution in [0.2, 0.25) is 0 Å². The van der Waals surface area contributed by atoms with Crippen LogP contribution in [-0.4, -0.2) is 38.7 Å². The molecule has 126 valence electrons. The number of benzene rings is 2. The molecule has 6 nitrogen and oxygen atoms in total. The molecule has 0 saturated carbocycles. The Morgan fingerprint density at radius 1 is 0.583 bits per heavy atom. The van der Waals surface area contributed by atoms with Gasteiger partial charge < -0.3 is 29.2 Å². The van der Waals surface area contributed by atoms with Crippen LogP contribution in [0, 0.1) is 11.8 Å². The molecule has 0 aliphatic heterocycles. The lowest BCUT2D eigenvalue weighted by Crippen LogP contribution is -1.91. The van der Waals surface area contributed by atoms with Gasteiger partial charge in [-0.25, -0.2) is 0 Å². The summed E-state index contributed by atoms with van der Waals surface area (Å²) in [6.07, 6.45) is 0. The monoisotopic (exact) mass is 330 g/mol. The van der Waals surface area contributed by atoms with Gasteiger partial charge in [0.15, 0.2) is 23.0 Å². The molecule has 0 heterocycles. The first-order valence-corrected chi connectivity index (χ1v) is 6.96. The summed E-state index contributed by atoms with van der Waals surface area (Å²) in [5, 5.41) is 19.8. The van der Waals surface area contributed by atoms with E-state index >= 15 is 0 Å². The number of phenolic OH excluding ortho intramolecular Hbond substituents is 2. The molecule has 0 spiro atoms. The minimum Gasteiger partial charge on any atom is -0.502 e. The number of hydrogen-bond donors (Lipinski definition) is 2. The van der Waals surface area contributed by atoms with E-state index in [1.165, 1.54) is 28.4 Å². The molecule has 0 fully saturated rings. The van der Waals surface area contributed by atoms with Gasteiger partial charge in [-0.1, -0.05) is 11.8 Å². The van der Waals surface area contributed by atoms with Crippen molar-refractivity contribution in [3.63, 3.8) is 0 Å². The van der Waals surface area contributed by atoms with Crippen LogP contribution in [0.5, 0.6) is 34.5 Å². The van der Waals surface area contributed by atoms with Crippen molar-refractivity contribution in [3.8, 4) is 46.3 Å². The molecule has 0 radical (unpaired) electrons. The summed E-state index contributed by atoms with van der Waals surface area (Å²) in [7, 11) is 5.78. The zero-order valence-electron chi connectivity index (χ0n) is 13.8. The van der Waals surface area contributed by atoms with Crippen LogP contribution in [0.3, 0.4) is 0 Å². The van der Waals surface area contributed by atoms with Gasteiger partial charge in [-0.2, -0.15) is 0 Å². The van der Waals surface area contributed by atoms with Crippen molar-refractivity contribution < 1.29 is 29.2 Å². The van der Waals surface area contributed by atoms with E-state index in [9.17, 15) is 10.2 Å². The van der Waals surface area contributed by atoms with E-state index in [4.69, 9.17) is 18.9 Å². The van der Waals surface area contributed by atoms with Crippen molar-refractivity contribution in [2.45, 2.75) is 0 Å². The SMILES string of the molecule is COc1cc(C#Cc2cc(OC)c(O)c(OC)c2)cc(OC)c1O. The van der Waals surface area contributed by atoms with Crippen LogP contribution in [0.25, 0.3) is 0 Å². The smallest absolute Gasteiger partial charge is 0.200 e. The highest BCUT2D eigenvalue weighted by atomic mass is 16.5. The van der Waals surface area contributed by atoms with Gasteiger partial charge in [-0.05, 0) is 24.3 Å². The van der Waals surface area contributed by atoms with Crippen LogP contribution in [0.15, 0.2) is 24.3 Å². The highest BCUT2D eigenvalue weighted by Gasteiger charge is 2.11. The van der Waals surface area contributed by atoms with Crippen molar-refractivity contribution in [1.82, 2.24) is 0 Å². The van der Waals surface area contributed by atoms with E-state index in [-0.39, 0.29) is 34.5 Å². The quantitative estimate of drug-likeness (QED) is 0.839. The minimum atomic E-state index is -0.0847. The molecule has 2 aromatic carbocycles. The van der Waals surface area contributed by atoms with E-state index in [1.54, 1.807) is 24.3 Å². The minimum absolute atomic E-state index is 0.0847. The first-order valence-electron chi connectivity index (χ1n) is 6.96. The second-order valence-corrected chi connectivity index (χ2v) is 4.71. The van der Waals surface area contributed by atoms with E-state index in [1.807, 2.05) is 0 Å². The van der Waals surface area contributed by atoms with Crippen molar-refractivity contribution in [3.05, 3.63) is 35.4 Å². The number of hydrogen-bond acceptors (Lipinski definition) is 6. The first kappa shape index (κ1) is 17.2. The van der Waals surface area contributed by atoms with Crippen molar-refractivity contribution >= 4 is 0 Å². The molecule has 0 unspecified atom stereocenters. The Morgan fingerprint density at radius 2 is 0.833 bits per heavy atom. The van der Waals surface area contributed by atoms with Gasteiger partial charge in [0.1, 0.15) is 0 Å². The Balaban J connectivity index is 2.47. The highest BCUT2D eigenvalue weighted by Crippen LogP contribution is 2.38. The summed E-state index contributed by atoms with van der Waals surface area (Å²) in [5.41, 5.74) is 1.18. The molecule has 2 rings (SSSR count). The molecule has 6 heteroatoms. The Morgan fingerprint density at radius 3 is 1.04 bits per heavy atom. The molecule has 24 heavy (non-hydrogen) atoms. The van der Waals surface area contributed by atoms with Gasteiger partial charge in [0.25, 0.3) is 0 Å². The summed E-state index contributed by atoms with van der Waals surface area (Å²) in [4.78, 5) is 0. The fourth-order valence-corrected chi connectivity index (χ4v) is 2.08. The summed E-state index contributed by atoms with van der Waals surface area (Å²) in [5.74, 6) is 6.78. The van der Waals surface area contributed by atoms with Gasteiger partial charge in [-0.3, -0.25) is 0 Å². The third kappa shape index (κ3) is 3.41. The lowest BCUT2D eigenvalue weighted by molar-refractivity contribution is 0.339. The maximum atomic E-state index is 9.91. The zero-order chi connectivity index (χ0) is 17.7. The normalized spacial score (nSPS) is 9.67. The zero-order valence-corrected chi connectivity index (χ0v) is 13.8. The molecular formula is C18H18O6. The molecule has 0 bridgehead atoms. The molecule has 0 aliphatic carbocycles. The van der Waals surface area contributed by atoms with Gasteiger partial charge in [-0.15, -0.1) is 0 Å². The largest absolute Gasteiger partial charge is 0.502 e. The highest BCUT2D eigenvalue weighted by molar-refractivity contribution is 5.60. The number of aromatic hydroxyl groups is 2. The molecular weight excluding hydrogens is 312 g/mol. The van der Waals surface area contributed by atoms with Crippen molar-refractivity contribution in [2.24, 2.45) is 0 Å². The number of rotatable bonds is 4. The Hall–Kier alpha value is -3.20. The maximum Gasteiger partial charge on any atom is 0.200 e. The summed E-state index contributed by atoms with van der Waals surface area (Å²) < 4.78 is 20.4. The third-order valence-corrected chi connectivity index (χ3v) is 3.31. The number of phenols is 2. The number of ether oxygens (including phenoxy) is 4. The standard InChI is InChI=1S/C18H18O6/c1-21-13-7-11(8-14(22-2)17(13)19)5-6-12-9-15(23-3)18(20)16(10-12)24-4/h7-10,19-20H,1-4H3. The molecule has 0 aliphatic rings. The van der Waals surface area contributed by atoms with E-state index in [0.717, 1.165) is 0 Å². The predicted molar refractivity (Wildman–Crippen MR) is 88.4 cm³/mol. The van der Waals surface area contributed by atoms with Crippen LogP contribution in [0.4, 0.5) is 0 Å². The third-order valence-electron chi connectivity index (χ3n) is 3.31. The molecule has 0 saturated heterocycles. The van der Waals surface area contributed by atoms with Crippen LogP contribution in [-0.2, 0) is 0 Å². The van der Waals surface area contributed by atoms with E-state index in [0.29, 0.717) is 11.1 Å². The van der Waals surface area contributed by atoms with Crippen LogP contribution >= 0.6 is 0 Å². The van der Waals surface area contributed by atoms with Crippen molar-refractivity contribution in [1.29, 1.82) is 0 Å². The molecule has 2 N–H and O–H groups in total. The Kier molecular flexibility index (Phi) is 5.27. The van der Waals surface area contributed by atoms with Crippen LogP contribution in [0.1, 0.15) is 11.1 Å². The average molecular weight is 330 g/mol. The van der Waals surface area contributed by atoms with Gasteiger partial charge in [0.05, 0.1) is 28.4 Å². The fourth-order valence-electron chi connectivity index (χ4n) is 2.08. The molecule has 2 aromatic rings. The van der Waals surface area contributed by atoms with Gasteiger partial charge >= 0.3 is 0 Å². The fraction of sp³-hybridized carbons (Fsp3) is 0.222. The second-order valence-electron chi connectivity index (χ2n) is 4.71. The maximum absolute atomic E-state index is 9.91. The van der Waals surface area contributed by atoms with E-state index in [2.05, 4.69) is 11.8 Å².